The molecule has 1 aliphatic rings. The van der Waals surface area contributed by atoms with Crippen LogP contribution in [0.3, 0.4) is 0 Å². The van der Waals surface area contributed by atoms with E-state index in [0.717, 1.165) is 29.7 Å². The summed E-state index contributed by atoms with van der Waals surface area (Å²) in [6.07, 6.45) is 5.79. The molecule has 2 aromatic heterocycles. The lowest BCUT2D eigenvalue weighted by atomic mass is 9.70. The van der Waals surface area contributed by atoms with E-state index in [4.69, 9.17) is 20.9 Å². The number of hydrogen-bond acceptors (Lipinski definition) is 5. The molecule has 8 heteroatoms. The van der Waals surface area contributed by atoms with Gasteiger partial charge in [0, 0.05) is 18.2 Å². The van der Waals surface area contributed by atoms with Crippen molar-refractivity contribution < 1.29 is 14.1 Å². The molecular weight excluding hydrogens is 452 g/mol. The van der Waals surface area contributed by atoms with Crippen molar-refractivity contribution in [2.24, 2.45) is 0 Å². The number of carbonyl (C=O) groups is 1. The molecule has 5 rings (SSSR count). The zero-order valence-corrected chi connectivity index (χ0v) is 19.8. The molecule has 1 amide bonds. The number of anilines is 1. The van der Waals surface area contributed by atoms with E-state index in [-0.39, 0.29) is 11.3 Å². The number of nitrogens with one attached hydrogen (secondary N) is 1. The first-order valence-electron chi connectivity index (χ1n) is 11.1. The highest BCUT2D eigenvalue weighted by molar-refractivity contribution is 6.32. The lowest BCUT2D eigenvalue weighted by molar-refractivity contribution is 0.101. The van der Waals surface area contributed by atoms with Crippen LogP contribution in [-0.4, -0.2) is 28.0 Å². The molecule has 2 heterocycles. The number of aryl methyl sites for hydroxylation is 1. The van der Waals surface area contributed by atoms with E-state index in [1.807, 2.05) is 24.3 Å². The number of fused-ring (bicyclic) bond motifs is 1. The van der Waals surface area contributed by atoms with Crippen molar-refractivity contribution >= 4 is 23.2 Å². The molecule has 0 saturated heterocycles. The van der Waals surface area contributed by atoms with Crippen LogP contribution in [0.15, 0.2) is 65.4 Å². The first kappa shape index (κ1) is 22.2. The number of benzene rings is 2. The van der Waals surface area contributed by atoms with Gasteiger partial charge in [0.25, 0.3) is 5.91 Å². The van der Waals surface area contributed by atoms with Crippen LogP contribution in [0, 0.1) is 0 Å². The average molecular weight is 477 g/mol. The fraction of sp³-hybridized carbons (Fsp3) is 0.269. The lowest BCUT2D eigenvalue weighted by Crippen LogP contribution is -2.31. The van der Waals surface area contributed by atoms with E-state index in [1.165, 1.54) is 5.56 Å². The molecule has 0 spiro atoms. The third-order valence-corrected chi connectivity index (χ3v) is 6.77. The first-order valence-corrected chi connectivity index (χ1v) is 11.5. The van der Waals surface area contributed by atoms with Gasteiger partial charge in [0.2, 0.25) is 0 Å². The van der Waals surface area contributed by atoms with Crippen molar-refractivity contribution in [3.05, 3.63) is 94.1 Å². The highest BCUT2D eigenvalue weighted by Crippen LogP contribution is 2.39. The summed E-state index contributed by atoms with van der Waals surface area (Å²) in [5.74, 6) is 1.12. The van der Waals surface area contributed by atoms with E-state index < -0.39 is 0 Å². The molecule has 34 heavy (non-hydrogen) atoms. The van der Waals surface area contributed by atoms with Crippen LogP contribution in [0.25, 0.3) is 0 Å². The number of ether oxygens (including phenoxy) is 1. The largest absolute Gasteiger partial charge is 0.495 e. The molecule has 0 bridgehead atoms. The number of hydrogen-bond donors (Lipinski definition) is 1. The number of rotatable bonds is 6. The predicted octanol–water partition coefficient (Wildman–Crippen LogP) is 5.28. The number of halogens is 1. The van der Waals surface area contributed by atoms with Crippen molar-refractivity contribution in [2.75, 3.05) is 12.4 Å². The zero-order chi connectivity index (χ0) is 23.7. The van der Waals surface area contributed by atoms with Gasteiger partial charge in [-0.15, -0.1) is 0 Å². The molecule has 0 saturated carbocycles. The molecule has 1 atom stereocenters. The summed E-state index contributed by atoms with van der Waals surface area (Å²) in [5.41, 5.74) is 3.97. The topological polar surface area (TPSA) is 82.2 Å². The summed E-state index contributed by atoms with van der Waals surface area (Å²) in [5, 5.41) is 11.9. The van der Waals surface area contributed by atoms with Crippen LogP contribution >= 0.6 is 11.6 Å². The van der Waals surface area contributed by atoms with Gasteiger partial charge in [-0.1, -0.05) is 60.1 Å². The second-order valence-electron chi connectivity index (χ2n) is 8.89. The van der Waals surface area contributed by atoms with Crippen molar-refractivity contribution in [1.82, 2.24) is 14.9 Å². The average Bonchev–Trinajstić information content (AvgIpc) is 3.46. The molecule has 7 nitrogen and oxygen atoms in total. The van der Waals surface area contributed by atoms with Gasteiger partial charge in [0.1, 0.15) is 11.5 Å². The number of nitrogens with zero attached hydrogens (tertiary/aromatic N) is 3. The molecule has 0 radical (unpaired) electrons. The standard InChI is InChI=1S/C26H25ClN4O3/c1-26(18-6-4-3-5-7-18)11-10-22-20(13-26)24(30-34-22)25(32)29-19-14-28-31(16-19)15-17-8-9-23(33-2)21(27)12-17/h3-9,12,14,16H,10-11,13,15H2,1-2H3,(H,29,32). The molecule has 1 aliphatic carbocycles. The van der Waals surface area contributed by atoms with Gasteiger partial charge in [-0.05, 0) is 41.5 Å². The van der Waals surface area contributed by atoms with Gasteiger partial charge < -0.3 is 14.6 Å². The third kappa shape index (κ3) is 4.31. The summed E-state index contributed by atoms with van der Waals surface area (Å²) in [6, 6.07) is 16.0. The van der Waals surface area contributed by atoms with Gasteiger partial charge in [-0.3, -0.25) is 9.48 Å². The Labute approximate surface area is 202 Å². The summed E-state index contributed by atoms with van der Waals surface area (Å²) in [6.45, 7) is 2.74. The quantitative estimate of drug-likeness (QED) is 0.409. The minimum Gasteiger partial charge on any atom is -0.495 e. The van der Waals surface area contributed by atoms with Crippen LogP contribution in [0.4, 0.5) is 5.69 Å². The highest BCUT2D eigenvalue weighted by atomic mass is 35.5. The van der Waals surface area contributed by atoms with Crippen LogP contribution in [-0.2, 0) is 24.8 Å². The third-order valence-electron chi connectivity index (χ3n) is 6.48. The number of carbonyl (C=O) groups excluding carboxylic acids is 1. The molecular formula is C26H25ClN4O3. The fourth-order valence-corrected chi connectivity index (χ4v) is 4.84. The Morgan fingerprint density at radius 1 is 1.26 bits per heavy atom. The van der Waals surface area contributed by atoms with Crippen LogP contribution in [0.2, 0.25) is 5.02 Å². The van der Waals surface area contributed by atoms with Gasteiger partial charge >= 0.3 is 0 Å². The number of amides is 1. The second-order valence-corrected chi connectivity index (χ2v) is 9.29. The van der Waals surface area contributed by atoms with E-state index >= 15 is 0 Å². The maximum atomic E-state index is 13.1. The molecule has 2 aromatic carbocycles. The summed E-state index contributed by atoms with van der Waals surface area (Å²) < 4.78 is 12.5. The summed E-state index contributed by atoms with van der Waals surface area (Å²) in [4.78, 5) is 13.1. The smallest absolute Gasteiger partial charge is 0.278 e. The van der Waals surface area contributed by atoms with Gasteiger partial charge in [-0.25, -0.2) is 0 Å². The lowest BCUT2D eigenvalue weighted by Gasteiger charge is -2.33. The molecule has 1 unspecified atom stereocenters. The maximum absolute atomic E-state index is 13.1. The van der Waals surface area contributed by atoms with Crippen molar-refractivity contribution in [3.8, 4) is 5.75 Å². The molecule has 4 aromatic rings. The SMILES string of the molecule is COc1ccc(Cn2cc(NC(=O)c3noc4c3CC(C)(c3ccccc3)CC4)cn2)cc1Cl. The minimum absolute atomic E-state index is 0.0701. The highest BCUT2D eigenvalue weighted by Gasteiger charge is 2.37. The molecule has 0 fully saturated rings. The number of aromatic nitrogens is 3. The Bertz CT molecular complexity index is 1330. The minimum atomic E-state index is -0.297. The molecule has 174 valence electrons. The first-order chi connectivity index (χ1) is 16.4. The van der Waals surface area contributed by atoms with Crippen molar-refractivity contribution in [2.45, 2.75) is 38.1 Å². The van der Waals surface area contributed by atoms with Crippen LogP contribution in [0.5, 0.6) is 5.75 Å². The van der Waals surface area contributed by atoms with E-state index in [1.54, 1.807) is 24.2 Å². The Morgan fingerprint density at radius 3 is 2.85 bits per heavy atom. The maximum Gasteiger partial charge on any atom is 0.278 e. The summed E-state index contributed by atoms with van der Waals surface area (Å²) in [7, 11) is 1.58. The van der Waals surface area contributed by atoms with Crippen LogP contribution < -0.4 is 10.1 Å². The monoisotopic (exact) mass is 476 g/mol. The summed E-state index contributed by atoms with van der Waals surface area (Å²) >= 11 is 6.22. The van der Waals surface area contributed by atoms with E-state index in [2.05, 4.69) is 46.8 Å². The Hall–Kier alpha value is -3.58. The van der Waals surface area contributed by atoms with Gasteiger partial charge in [0.05, 0.1) is 30.6 Å². The number of methoxy groups -OCH3 is 1. The molecule has 0 aliphatic heterocycles. The van der Waals surface area contributed by atoms with Crippen molar-refractivity contribution in [3.63, 3.8) is 0 Å². The van der Waals surface area contributed by atoms with E-state index in [0.29, 0.717) is 35.1 Å². The normalized spacial score (nSPS) is 17.3. The zero-order valence-electron chi connectivity index (χ0n) is 19.0. The molecule has 1 N–H and O–H groups in total. The predicted molar refractivity (Wildman–Crippen MR) is 130 cm³/mol. The van der Waals surface area contributed by atoms with Crippen molar-refractivity contribution in [1.29, 1.82) is 0 Å². The fourth-order valence-electron chi connectivity index (χ4n) is 4.56. The Morgan fingerprint density at radius 2 is 2.09 bits per heavy atom. The Balaban J connectivity index is 1.30. The van der Waals surface area contributed by atoms with Gasteiger partial charge in [0.15, 0.2) is 5.69 Å². The van der Waals surface area contributed by atoms with Crippen LogP contribution in [0.1, 0.15) is 46.3 Å². The van der Waals surface area contributed by atoms with Gasteiger partial charge in [-0.2, -0.15) is 5.10 Å². The van der Waals surface area contributed by atoms with E-state index in [9.17, 15) is 4.79 Å². The second kappa shape index (κ2) is 8.99. The Kier molecular flexibility index (Phi) is 5.87.